The molecule has 1 N–H and O–H groups in total. The molecular formula is C15H2F30O3S. The van der Waals surface area contributed by atoms with Crippen LogP contribution in [0.15, 0.2) is 0 Å². The lowest BCUT2D eigenvalue weighted by molar-refractivity contribution is -0.473. The van der Waals surface area contributed by atoms with Gasteiger partial charge in [-0.15, -0.1) is 0 Å². The third-order valence-corrected chi connectivity index (χ3v) is 6.98. The van der Waals surface area contributed by atoms with Gasteiger partial charge in [-0.2, -0.15) is 127 Å². The predicted molar refractivity (Wildman–Crippen MR) is 86.8 cm³/mol. The van der Waals surface area contributed by atoms with Crippen LogP contribution in [0.3, 0.4) is 0 Å². The molecule has 49 heavy (non-hydrogen) atoms. The van der Waals surface area contributed by atoms with Crippen LogP contribution >= 0.6 is 0 Å². The fraction of sp³-hybridized carbons (Fsp3) is 1.00. The summed E-state index contributed by atoms with van der Waals surface area (Å²) < 4.78 is 430. The third kappa shape index (κ3) is 5.22. The highest BCUT2D eigenvalue weighted by atomic mass is 32.2. The van der Waals surface area contributed by atoms with Crippen molar-refractivity contribution in [2.75, 3.05) is 0 Å². The summed E-state index contributed by atoms with van der Waals surface area (Å²) in [6.07, 6.45) is -14.9. The van der Waals surface area contributed by atoms with Gasteiger partial charge in [-0.05, 0) is 0 Å². The van der Waals surface area contributed by atoms with E-state index in [-0.39, 0.29) is 0 Å². The van der Waals surface area contributed by atoms with E-state index >= 15 is 0 Å². The van der Waals surface area contributed by atoms with Gasteiger partial charge >= 0.3 is 98.8 Å². The van der Waals surface area contributed by atoms with E-state index in [9.17, 15) is 140 Å². The smallest absolute Gasteiger partial charge is 0.283 e. The number of hydrogen-bond donors (Lipinski definition) is 1. The van der Waals surface area contributed by atoms with E-state index in [1.807, 2.05) is 0 Å². The molecule has 0 rings (SSSR count). The lowest BCUT2D eigenvalue weighted by Gasteiger charge is -2.47. The summed E-state index contributed by atoms with van der Waals surface area (Å²) in [4.78, 5) is 0. The van der Waals surface area contributed by atoms with Gasteiger partial charge in [0.05, 0.1) is 0 Å². The van der Waals surface area contributed by atoms with Crippen LogP contribution in [-0.2, 0) is 10.1 Å². The normalized spacial score (nSPS) is 18.2. The minimum absolute atomic E-state index is 6.48. The van der Waals surface area contributed by atoms with Gasteiger partial charge in [0.15, 0.2) is 0 Å². The number of rotatable bonds is 14. The molecule has 0 fully saturated rings. The Kier molecular flexibility index (Phi) is 10.7. The molecule has 3 nitrogen and oxygen atoms in total. The van der Waals surface area contributed by atoms with Crippen LogP contribution in [0.25, 0.3) is 0 Å². The van der Waals surface area contributed by atoms with Gasteiger partial charge in [0.1, 0.15) is 0 Å². The molecule has 1 unspecified atom stereocenters. The summed E-state index contributed by atoms with van der Waals surface area (Å²) >= 11 is 0. The Morgan fingerprint density at radius 3 is 0.694 bits per heavy atom. The molecule has 0 bridgehead atoms. The first-order chi connectivity index (χ1) is 20.4. The largest absolute Gasteiger partial charge is 0.460 e. The lowest BCUT2D eigenvalue weighted by Crippen LogP contribution is -2.81. The predicted octanol–water partition coefficient (Wildman–Crippen LogP) is 8.99. The summed E-state index contributed by atoms with van der Waals surface area (Å²) in [5, 5.41) is -9.86. The van der Waals surface area contributed by atoms with Crippen LogP contribution < -0.4 is 0 Å². The zero-order chi connectivity index (χ0) is 41.1. The molecule has 0 aromatic carbocycles. The minimum atomic E-state index is -10.2. The second-order valence-corrected chi connectivity index (χ2v) is 10.3. The second-order valence-electron chi connectivity index (χ2n) is 8.81. The molecule has 34 heteroatoms. The molecule has 0 saturated carbocycles. The van der Waals surface area contributed by atoms with Gasteiger partial charge in [0, 0.05) is 0 Å². The van der Waals surface area contributed by atoms with Gasteiger partial charge in [-0.1, -0.05) is 0 Å². The van der Waals surface area contributed by atoms with Crippen LogP contribution in [0, 0.1) is 0 Å². The van der Waals surface area contributed by atoms with Crippen LogP contribution in [0.5, 0.6) is 0 Å². The van der Waals surface area contributed by atoms with Crippen LogP contribution in [-0.4, -0.2) is 102 Å². The van der Waals surface area contributed by atoms with Crippen molar-refractivity contribution in [3.8, 4) is 0 Å². The fourth-order valence-electron chi connectivity index (χ4n) is 2.83. The van der Waals surface area contributed by atoms with Crippen molar-refractivity contribution in [2.45, 2.75) is 88.7 Å². The van der Waals surface area contributed by atoms with Crippen molar-refractivity contribution in [1.82, 2.24) is 0 Å². The van der Waals surface area contributed by atoms with Crippen molar-refractivity contribution < 1.29 is 145 Å². The SMILES string of the molecule is O=S(=O)(O)C(F)(C(F)(F)C(F)(F)C(F)(F)C(F)(F)F)C(F)(F)C(F)(F)C(F)(F)C(F)(F)C(F)(F)C(F)(F)C(F)(F)C(F)(F)C(F)(F)C(F)F. The minimum Gasteiger partial charge on any atom is -0.283 e. The highest BCUT2D eigenvalue weighted by Gasteiger charge is 3.02. The van der Waals surface area contributed by atoms with Gasteiger partial charge in [0.2, 0.25) is 0 Å². The molecule has 0 aliphatic rings. The van der Waals surface area contributed by atoms with E-state index in [1.165, 1.54) is 0 Å². The quantitative estimate of drug-likeness (QED) is 0.141. The van der Waals surface area contributed by atoms with Gasteiger partial charge in [0.25, 0.3) is 0 Å². The lowest BCUT2D eigenvalue weighted by atomic mass is 9.84. The van der Waals surface area contributed by atoms with Gasteiger partial charge in [-0.3, -0.25) is 4.55 Å². The number of halogens is 30. The standard InChI is InChI=1S/C15H2F30O3S/c16-1(17)2(18,19)3(20,21)4(22,23)5(24,25)6(26,27)7(28,29)8(30,31)9(32,33)11(36,37)14(42,49(46,47)48)12(38,39)10(34,35)13(40,41)15(43,44)45/h1H,(H,46,47,48). The van der Waals surface area contributed by atoms with Crippen molar-refractivity contribution in [2.24, 2.45) is 0 Å². The Balaban J connectivity index is 8.07. The highest BCUT2D eigenvalue weighted by molar-refractivity contribution is 7.87. The topological polar surface area (TPSA) is 54.4 Å². The average molecular weight is 832 g/mol. The van der Waals surface area contributed by atoms with E-state index in [1.54, 1.807) is 0 Å². The van der Waals surface area contributed by atoms with Crippen molar-refractivity contribution in [1.29, 1.82) is 0 Å². The molecule has 0 radical (unpaired) electrons. The highest BCUT2D eigenvalue weighted by Crippen LogP contribution is 2.69. The van der Waals surface area contributed by atoms with Crippen LogP contribution in [0.2, 0.25) is 0 Å². The maximum absolute atomic E-state index is 14.5. The Labute approximate surface area is 244 Å². The summed E-state index contributed by atoms with van der Waals surface area (Å²) in [6.45, 7) is 0. The first-order valence-corrected chi connectivity index (χ1v) is 11.4. The third-order valence-electron chi connectivity index (χ3n) is 5.76. The van der Waals surface area contributed by atoms with Gasteiger partial charge < -0.3 is 0 Å². The molecule has 0 aliphatic heterocycles. The molecule has 0 spiro atoms. The van der Waals surface area contributed by atoms with Crippen LogP contribution in [0.1, 0.15) is 0 Å². The van der Waals surface area contributed by atoms with E-state index in [4.69, 9.17) is 4.55 Å². The first-order valence-electron chi connectivity index (χ1n) is 9.99. The van der Waals surface area contributed by atoms with E-state index in [0.29, 0.717) is 0 Å². The Bertz CT molecular complexity index is 1340. The first kappa shape index (κ1) is 46.8. The zero-order valence-corrected chi connectivity index (χ0v) is 21.4. The maximum atomic E-state index is 14.5. The van der Waals surface area contributed by atoms with Crippen molar-refractivity contribution >= 4 is 10.1 Å². The van der Waals surface area contributed by atoms with E-state index in [0.717, 1.165) is 0 Å². The fourth-order valence-corrected chi connectivity index (χ4v) is 3.73. The van der Waals surface area contributed by atoms with Crippen molar-refractivity contribution in [3.05, 3.63) is 0 Å². The molecule has 0 aromatic rings. The molecule has 0 aromatic heterocycles. The molecule has 0 aliphatic carbocycles. The molecule has 0 amide bonds. The summed E-state index contributed by atoms with van der Waals surface area (Å²) in [6, 6.07) is 0. The average Bonchev–Trinajstić information content (AvgIpc) is 2.85. The zero-order valence-electron chi connectivity index (χ0n) is 20.6. The molecular weight excluding hydrogens is 830 g/mol. The number of hydrogen-bond acceptors (Lipinski definition) is 2. The summed E-state index contributed by atoms with van der Waals surface area (Å²) in [5.74, 6) is -115. The van der Waals surface area contributed by atoms with E-state index in [2.05, 4.69) is 0 Å². The molecule has 1 atom stereocenters. The van der Waals surface area contributed by atoms with E-state index < -0.39 is 98.8 Å². The molecule has 0 saturated heterocycles. The summed E-state index contributed by atoms with van der Waals surface area (Å²) in [7, 11) is -9.70. The number of alkyl halides is 30. The molecule has 0 heterocycles. The Morgan fingerprint density at radius 2 is 0.510 bits per heavy atom. The maximum Gasteiger partial charge on any atom is 0.460 e. The Morgan fingerprint density at radius 1 is 0.327 bits per heavy atom. The Hall–Kier alpha value is -2.19. The molecule has 296 valence electrons. The second kappa shape index (κ2) is 11.2. The monoisotopic (exact) mass is 832 g/mol. The summed E-state index contributed by atoms with van der Waals surface area (Å²) in [5.41, 5.74) is 0. The van der Waals surface area contributed by atoms with Crippen LogP contribution in [0.4, 0.5) is 132 Å². The van der Waals surface area contributed by atoms with Crippen molar-refractivity contribution in [3.63, 3.8) is 0 Å². The van der Waals surface area contributed by atoms with Gasteiger partial charge in [-0.25, -0.2) is 13.2 Å².